The van der Waals surface area contributed by atoms with Gasteiger partial charge in [-0.25, -0.2) is 0 Å². The Morgan fingerprint density at radius 3 is 1.45 bits per heavy atom. The molecule has 0 atom stereocenters. The zero-order valence-corrected chi connectivity index (χ0v) is 26.7. The van der Waals surface area contributed by atoms with Gasteiger partial charge in [0.05, 0.1) is 0 Å². The van der Waals surface area contributed by atoms with Gasteiger partial charge in [0.1, 0.15) is 11.5 Å². The highest BCUT2D eigenvalue weighted by molar-refractivity contribution is 6.24. The molecular formula is C48H30O. The molecule has 0 unspecified atom stereocenters. The molecular weight excluding hydrogens is 593 g/mol. The first-order valence-electron chi connectivity index (χ1n) is 16.8. The average Bonchev–Trinajstić information content (AvgIpc) is 3.18. The van der Waals surface area contributed by atoms with Gasteiger partial charge in [-0.15, -0.1) is 0 Å². The SMILES string of the molecule is c1ccc(-c2cccc(-c3c4ccccc4c(-c4ccc5c6c(cccc46)-c4cc(-c6ccccc6)ccc4O5)c4ccccc34)c2)cc1. The third-order valence-corrected chi connectivity index (χ3v) is 10.1. The summed E-state index contributed by atoms with van der Waals surface area (Å²) in [6, 6.07) is 65.7. The van der Waals surface area contributed by atoms with Gasteiger partial charge >= 0.3 is 0 Å². The maximum Gasteiger partial charge on any atom is 0.135 e. The molecule has 1 aliphatic heterocycles. The molecule has 0 fully saturated rings. The average molecular weight is 623 g/mol. The summed E-state index contributed by atoms with van der Waals surface area (Å²) < 4.78 is 6.63. The summed E-state index contributed by atoms with van der Waals surface area (Å²) in [5, 5.41) is 7.33. The monoisotopic (exact) mass is 622 g/mol. The predicted molar refractivity (Wildman–Crippen MR) is 206 cm³/mol. The first-order valence-corrected chi connectivity index (χ1v) is 16.8. The molecule has 1 heteroatoms. The van der Waals surface area contributed by atoms with Crippen LogP contribution in [-0.4, -0.2) is 0 Å². The highest BCUT2D eigenvalue weighted by Gasteiger charge is 2.24. The molecule has 1 nitrogen and oxygen atoms in total. The summed E-state index contributed by atoms with van der Waals surface area (Å²) >= 11 is 0. The molecule has 1 heterocycles. The molecule has 10 rings (SSSR count). The van der Waals surface area contributed by atoms with E-state index < -0.39 is 0 Å². The fourth-order valence-electron chi connectivity index (χ4n) is 7.87. The van der Waals surface area contributed by atoms with Gasteiger partial charge in [-0.3, -0.25) is 0 Å². The van der Waals surface area contributed by atoms with Crippen molar-refractivity contribution in [3.63, 3.8) is 0 Å². The van der Waals surface area contributed by atoms with E-state index in [1.165, 1.54) is 77.0 Å². The third kappa shape index (κ3) is 4.40. The number of ether oxygens (including phenoxy) is 1. The van der Waals surface area contributed by atoms with E-state index in [0.717, 1.165) is 22.4 Å². The van der Waals surface area contributed by atoms with Crippen molar-refractivity contribution in [1.82, 2.24) is 0 Å². The van der Waals surface area contributed by atoms with Gasteiger partial charge in [0.25, 0.3) is 0 Å². The van der Waals surface area contributed by atoms with Crippen molar-refractivity contribution in [3.05, 3.63) is 182 Å². The Hall–Kier alpha value is -6.44. The van der Waals surface area contributed by atoms with Crippen LogP contribution in [0.3, 0.4) is 0 Å². The molecule has 0 aliphatic carbocycles. The summed E-state index contributed by atoms with van der Waals surface area (Å²) in [7, 11) is 0. The first kappa shape index (κ1) is 27.7. The van der Waals surface area contributed by atoms with Crippen LogP contribution < -0.4 is 4.74 Å². The van der Waals surface area contributed by atoms with Crippen LogP contribution in [0.15, 0.2) is 182 Å². The standard InChI is InChI=1S/C48H30O/c1-3-13-31(14-4-1)33-17-11-18-35(29-33)46-36-19-7-9-21-38(36)47(39-22-10-8-20-37(39)46)42-26-28-45-48-40(42)23-12-24-41(48)43-30-34(25-27-44(43)49-45)32-15-5-2-6-16-32/h1-30H. The van der Waals surface area contributed by atoms with Crippen LogP contribution in [0.4, 0.5) is 0 Å². The number of fused-ring (bicyclic) bond motifs is 4. The van der Waals surface area contributed by atoms with Crippen molar-refractivity contribution in [2.24, 2.45) is 0 Å². The smallest absolute Gasteiger partial charge is 0.135 e. The summed E-state index contributed by atoms with van der Waals surface area (Å²) in [5.41, 5.74) is 12.1. The molecule has 0 radical (unpaired) electrons. The van der Waals surface area contributed by atoms with Crippen molar-refractivity contribution in [2.45, 2.75) is 0 Å². The largest absolute Gasteiger partial charge is 0.456 e. The Labute approximate surface area is 285 Å². The van der Waals surface area contributed by atoms with Crippen LogP contribution in [0.25, 0.3) is 88.0 Å². The van der Waals surface area contributed by atoms with E-state index in [1.54, 1.807) is 0 Å². The predicted octanol–water partition coefficient (Wildman–Crippen LogP) is 13.6. The maximum atomic E-state index is 6.63. The highest BCUT2D eigenvalue weighted by Crippen LogP contribution is 2.52. The highest BCUT2D eigenvalue weighted by atomic mass is 16.5. The van der Waals surface area contributed by atoms with Crippen molar-refractivity contribution in [1.29, 1.82) is 0 Å². The number of benzene rings is 9. The van der Waals surface area contributed by atoms with Gasteiger partial charge in [0, 0.05) is 10.9 Å². The van der Waals surface area contributed by atoms with Crippen LogP contribution in [0.1, 0.15) is 0 Å². The first-order chi connectivity index (χ1) is 24.3. The second kappa shape index (κ2) is 11.1. The Morgan fingerprint density at radius 2 is 0.776 bits per heavy atom. The molecule has 0 aromatic heterocycles. The second-order valence-corrected chi connectivity index (χ2v) is 12.8. The molecule has 0 saturated heterocycles. The lowest BCUT2D eigenvalue weighted by atomic mass is 9.83. The van der Waals surface area contributed by atoms with Gasteiger partial charge in [0.2, 0.25) is 0 Å². The lowest BCUT2D eigenvalue weighted by molar-refractivity contribution is 0.487. The lowest BCUT2D eigenvalue weighted by Gasteiger charge is -2.24. The Kier molecular flexibility index (Phi) is 6.25. The maximum absolute atomic E-state index is 6.63. The van der Waals surface area contributed by atoms with E-state index in [1.807, 2.05) is 0 Å². The zero-order chi connectivity index (χ0) is 32.3. The Morgan fingerprint density at radius 1 is 0.265 bits per heavy atom. The minimum Gasteiger partial charge on any atom is -0.456 e. The molecule has 9 aromatic carbocycles. The molecule has 0 spiro atoms. The van der Waals surface area contributed by atoms with E-state index in [2.05, 4.69) is 182 Å². The Bertz CT molecular complexity index is 2670. The summed E-state index contributed by atoms with van der Waals surface area (Å²) in [4.78, 5) is 0. The van der Waals surface area contributed by atoms with Crippen molar-refractivity contribution in [3.8, 4) is 67.1 Å². The Balaban J connectivity index is 1.23. The zero-order valence-electron chi connectivity index (χ0n) is 26.7. The number of rotatable bonds is 4. The van der Waals surface area contributed by atoms with Crippen LogP contribution in [-0.2, 0) is 0 Å². The number of hydrogen-bond acceptors (Lipinski definition) is 1. The second-order valence-electron chi connectivity index (χ2n) is 12.8. The van der Waals surface area contributed by atoms with Gasteiger partial charge in [-0.1, -0.05) is 152 Å². The van der Waals surface area contributed by atoms with E-state index in [4.69, 9.17) is 4.74 Å². The minimum atomic E-state index is 0.894. The molecule has 0 N–H and O–H groups in total. The van der Waals surface area contributed by atoms with Crippen LogP contribution >= 0.6 is 0 Å². The lowest BCUT2D eigenvalue weighted by Crippen LogP contribution is -1.99. The molecule has 9 aromatic rings. The van der Waals surface area contributed by atoms with E-state index in [-0.39, 0.29) is 0 Å². The number of hydrogen-bond donors (Lipinski definition) is 0. The van der Waals surface area contributed by atoms with Gasteiger partial charge < -0.3 is 4.74 Å². The summed E-state index contributed by atoms with van der Waals surface area (Å²) in [6.07, 6.45) is 0. The van der Waals surface area contributed by atoms with Gasteiger partial charge in [0.15, 0.2) is 0 Å². The minimum absolute atomic E-state index is 0.894. The van der Waals surface area contributed by atoms with Crippen molar-refractivity contribution < 1.29 is 4.74 Å². The van der Waals surface area contributed by atoms with Gasteiger partial charge in [-0.2, -0.15) is 0 Å². The molecule has 1 aliphatic rings. The van der Waals surface area contributed by atoms with E-state index in [9.17, 15) is 0 Å². The fourth-order valence-corrected chi connectivity index (χ4v) is 7.87. The topological polar surface area (TPSA) is 9.23 Å². The molecule has 0 amide bonds. The molecule has 0 saturated carbocycles. The van der Waals surface area contributed by atoms with E-state index >= 15 is 0 Å². The van der Waals surface area contributed by atoms with Crippen molar-refractivity contribution >= 4 is 32.3 Å². The normalized spacial score (nSPS) is 11.8. The van der Waals surface area contributed by atoms with Gasteiger partial charge in [-0.05, 0) is 107 Å². The van der Waals surface area contributed by atoms with E-state index in [0.29, 0.717) is 0 Å². The summed E-state index contributed by atoms with van der Waals surface area (Å²) in [5.74, 6) is 1.79. The quantitative estimate of drug-likeness (QED) is 0.177. The van der Waals surface area contributed by atoms with Crippen molar-refractivity contribution in [2.75, 3.05) is 0 Å². The fraction of sp³-hybridized carbons (Fsp3) is 0. The van der Waals surface area contributed by atoms with Crippen LogP contribution in [0.5, 0.6) is 11.5 Å². The molecule has 49 heavy (non-hydrogen) atoms. The molecule has 228 valence electrons. The molecule has 0 bridgehead atoms. The summed E-state index contributed by atoms with van der Waals surface area (Å²) in [6.45, 7) is 0. The third-order valence-electron chi connectivity index (χ3n) is 10.1. The van der Waals surface area contributed by atoms with Crippen LogP contribution in [0.2, 0.25) is 0 Å². The van der Waals surface area contributed by atoms with Crippen LogP contribution in [0, 0.1) is 0 Å².